The molecule has 1 aromatic carbocycles. The normalized spacial score (nSPS) is 15.9. The number of hydrogen-bond donors (Lipinski definition) is 1. The van der Waals surface area contributed by atoms with E-state index in [1.54, 1.807) is 17.2 Å². The highest BCUT2D eigenvalue weighted by Gasteiger charge is 2.32. The van der Waals surface area contributed by atoms with Crippen LogP contribution in [0.5, 0.6) is 11.5 Å². The number of likely N-dealkylation sites (tertiary alicyclic amines) is 1. The van der Waals surface area contributed by atoms with Crippen molar-refractivity contribution in [3.8, 4) is 17.6 Å². The lowest BCUT2D eigenvalue weighted by molar-refractivity contribution is 0.00919. The van der Waals surface area contributed by atoms with E-state index < -0.39 is 17.4 Å². The number of aromatic amines is 1. The van der Waals surface area contributed by atoms with Gasteiger partial charge in [-0.1, -0.05) is 0 Å². The summed E-state index contributed by atoms with van der Waals surface area (Å²) in [5, 5.41) is 10.3. The topological polar surface area (TPSA) is 121 Å². The highest BCUT2D eigenvalue weighted by Crippen LogP contribution is 2.31. The van der Waals surface area contributed by atoms with E-state index in [-0.39, 0.29) is 23.8 Å². The van der Waals surface area contributed by atoms with Gasteiger partial charge in [-0.2, -0.15) is 5.26 Å². The van der Waals surface area contributed by atoms with Crippen molar-refractivity contribution in [3.05, 3.63) is 63.5 Å². The van der Waals surface area contributed by atoms with Crippen molar-refractivity contribution in [2.45, 2.75) is 58.2 Å². The molecule has 1 saturated heterocycles. The zero-order chi connectivity index (χ0) is 29.1. The number of pyridine rings is 2. The van der Waals surface area contributed by atoms with Gasteiger partial charge < -0.3 is 24.1 Å². The van der Waals surface area contributed by atoms with E-state index >= 15 is 0 Å². The third kappa shape index (κ3) is 6.43. The second-order valence-corrected chi connectivity index (χ2v) is 11.4. The minimum absolute atomic E-state index is 0.231. The molecule has 0 unspecified atom stereocenters. The van der Waals surface area contributed by atoms with E-state index in [2.05, 4.69) is 20.9 Å². The number of fused-ring (bicyclic) bond motifs is 2. The minimum Gasteiger partial charge on any atom is -0.486 e. The molecule has 0 spiro atoms. The Morgan fingerprint density at radius 1 is 1.22 bits per heavy atom. The van der Waals surface area contributed by atoms with Crippen LogP contribution in [-0.4, -0.2) is 70.4 Å². The van der Waals surface area contributed by atoms with Crippen molar-refractivity contribution in [2.24, 2.45) is 0 Å². The standard InChI is InChI=1S/C30H34FN5O5/c1-30(2,3)36(18-20-15-26-27(17-33-20)40-13-12-39-26)29(38)41-21-6-9-35(10-7-21)11-8-23-24(16-32)22-5-4-19(31)14-25(22)34-28(23)37/h4-5,14-15,17,21H,6-13,18H2,1-3H3,(H,34,37). The number of aromatic nitrogens is 2. The molecule has 0 bridgehead atoms. The Hall–Kier alpha value is -4.17. The predicted octanol–water partition coefficient (Wildman–Crippen LogP) is 4.15. The monoisotopic (exact) mass is 563 g/mol. The molecule has 2 aliphatic heterocycles. The number of nitrogens with one attached hydrogen (secondary N) is 1. The molecule has 10 nitrogen and oxygen atoms in total. The SMILES string of the molecule is CC(C)(C)N(Cc1cc2c(cn1)OCCO2)C(=O)OC1CCN(CCc2c(C#N)c3ccc(F)cc3[nH]c2=O)CC1. The van der Waals surface area contributed by atoms with Gasteiger partial charge in [-0.05, 0) is 58.2 Å². The number of rotatable bonds is 6. The van der Waals surface area contributed by atoms with Crippen LogP contribution in [0.2, 0.25) is 0 Å². The van der Waals surface area contributed by atoms with Gasteiger partial charge in [0.05, 0.1) is 29.5 Å². The van der Waals surface area contributed by atoms with Gasteiger partial charge in [0.1, 0.15) is 31.2 Å². The summed E-state index contributed by atoms with van der Waals surface area (Å²) >= 11 is 0. The second kappa shape index (κ2) is 11.7. The number of H-pyrrole nitrogens is 1. The number of piperidine rings is 1. The highest BCUT2D eigenvalue weighted by atomic mass is 19.1. The molecule has 1 N–H and O–H groups in total. The molecule has 1 amide bonds. The Morgan fingerprint density at radius 3 is 2.66 bits per heavy atom. The van der Waals surface area contributed by atoms with Crippen molar-refractivity contribution < 1.29 is 23.4 Å². The molecule has 5 rings (SSSR count). The summed E-state index contributed by atoms with van der Waals surface area (Å²) in [7, 11) is 0. The van der Waals surface area contributed by atoms with Gasteiger partial charge >= 0.3 is 6.09 Å². The van der Waals surface area contributed by atoms with Crippen molar-refractivity contribution in [3.63, 3.8) is 0 Å². The summed E-state index contributed by atoms with van der Waals surface area (Å²) in [5.74, 6) is 0.748. The molecule has 0 aliphatic carbocycles. The van der Waals surface area contributed by atoms with Gasteiger partial charge in [0, 0.05) is 42.2 Å². The van der Waals surface area contributed by atoms with Crippen LogP contribution in [0.4, 0.5) is 9.18 Å². The van der Waals surface area contributed by atoms with Gasteiger partial charge in [0.15, 0.2) is 11.5 Å². The van der Waals surface area contributed by atoms with E-state index in [9.17, 15) is 19.2 Å². The maximum absolute atomic E-state index is 13.6. The van der Waals surface area contributed by atoms with Crippen LogP contribution >= 0.6 is 0 Å². The summed E-state index contributed by atoms with van der Waals surface area (Å²) in [6.07, 6.45) is 2.69. The average molecular weight is 564 g/mol. The van der Waals surface area contributed by atoms with E-state index in [0.717, 1.165) is 0 Å². The number of amides is 1. The van der Waals surface area contributed by atoms with E-state index in [1.807, 2.05) is 20.8 Å². The van der Waals surface area contributed by atoms with Crippen molar-refractivity contribution in [2.75, 3.05) is 32.8 Å². The van der Waals surface area contributed by atoms with Crippen molar-refractivity contribution in [1.82, 2.24) is 19.8 Å². The lowest BCUT2D eigenvalue weighted by Gasteiger charge is -2.37. The Morgan fingerprint density at radius 2 is 1.95 bits per heavy atom. The molecule has 1 fully saturated rings. The van der Waals surface area contributed by atoms with E-state index in [4.69, 9.17) is 14.2 Å². The number of carbonyl (C=O) groups excluding carboxylic acids is 1. The predicted molar refractivity (Wildman–Crippen MR) is 149 cm³/mol. The lowest BCUT2D eigenvalue weighted by atomic mass is 10.0. The van der Waals surface area contributed by atoms with Crippen molar-refractivity contribution in [1.29, 1.82) is 5.26 Å². The Kier molecular flexibility index (Phi) is 8.13. The van der Waals surface area contributed by atoms with Gasteiger partial charge in [-0.15, -0.1) is 0 Å². The molecule has 0 saturated carbocycles. The van der Waals surface area contributed by atoms with Gasteiger partial charge in [0.2, 0.25) is 0 Å². The number of ether oxygens (including phenoxy) is 3. The summed E-state index contributed by atoms with van der Waals surface area (Å²) in [6, 6.07) is 7.96. The second-order valence-electron chi connectivity index (χ2n) is 11.4. The van der Waals surface area contributed by atoms with Gasteiger partial charge in [0.25, 0.3) is 5.56 Å². The molecule has 2 aromatic heterocycles. The average Bonchev–Trinajstić information content (AvgIpc) is 2.94. The molecule has 2 aliphatic rings. The first-order valence-electron chi connectivity index (χ1n) is 13.8. The quantitative estimate of drug-likeness (QED) is 0.475. The molecule has 11 heteroatoms. The molecular weight excluding hydrogens is 529 g/mol. The molecular formula is C30H34FN5O5. The van der Waals surface area contributed by atoms with Crippen LogP contribution < -0.4 is 15.0 Å². The van der Waals surface area contributed by atoms with Crippen LogP contribution in [0.15, 0.2) is 35.3 Å². The molecule has 0 atom stereocenters. The summed E-state index contributed by atoms with van der Waals surface area (Å²) in [5.41, 5.74) is 0.798. The van der Waals surface area contributed by atoms with E-state index in [1.165, 1.54) is 18.2 Å². The third-order valence-corrected chi connectivity index (χ3v) is 7.50. The Balaban J connectivity index is 1.17. The summed E-state index contributed by atoms with van der Waals surface area (Å²) in [6.45, 7) is 9.05. The zero-order valence-corrected chi connectivity index (χ0v) is 23.5. The van der Waals surface area contributed by atoms with Crippen LogP contribution in [0, 0.1) is 17.1 Å². The van der Waals surface area contributed by atoms with Gasteiger partial charge in [-0.3, -0.25) is 14.7 Å². The zero-order valence-electron chi connectivity index (χ0n) is 23.5. The fourth-order valence-corrected chi connectivity index (χ4v) is 5.22. The highest BCUT2D eigenvalue weighted by molar-refractivity contribution is 5.85. The van der Waals surface area contributed by atoms with Crippen LogP contribution in [-0.2, 0) is 17.7 Å². The summed E-state index contributed by atoms with van der Waals surface area (Å²) < 4.78 is 30.8. The molecule has 216 valence electrons. The number of carbonyl (C=O) groups is 1. The maximum Gasteiger partial charge on any atom is 0.410 e. The number of nitriles is 1. The third-order valence-electron chi connectivity index (χ3n) is 7.50. The molecule has 41 heavy (non-hydrogen) atoms. The fourth-order valence-electron chi connectivity index (χ4n) is 5.22. The Labute approximate surface area is 237 Å². The maximum atomic E-state index is 13.6. The first kappa shape index (κ1) is 28.4. The summed E-state index contributed by atoms with van der Waals surface area (Å²) in [4.78, 5) is 37.0. The molecule has 4 heterocycles. The first-order chi connectivity index (χ1) is 19.6. The minimum atomic E-state index is -0.496. The smallest absolute Gasteiger partial charge is 0.410 e. The first-order valence-corrected chi connectivity index (χ1v) is 13.8. The largest absolute Gasteiger partial charge is 0.486 e. The van der Waals surface area contributed by atoms with E-state index in [0.29, 0.717) is 85.8 Å². The number of benzene rings is 1. The van der Waals surface area contributed by atoms with Crippen molar-refractivity contribution >= 4 is 17.0 Å². The Bertz CT molecular complexity index is 1540. The molecule has 0 radical (unpaired) electrons. The van der Waals surface area contributed by atoms with Gasteiger partial charge in [-0.25, -0.2) is 9.18 Å². The molecule has 3 aromatic rings. The van der Waals surface area contributed by atoms with Crippen LogP contribution in [0.25, 0.3) is 10.9 Å². The number of halogens is 1. The van der Waals surface area contributed by atoms with Crippen LogP contribution in [0.1, 0.15) is 50.4 Å². The fraction of sp³-hybridized carbons (Fsp3) is 0.467. The lowest BCUT2D eigenvalue weighted by Crippen LogP contribution is -2.48. The number of hydrogen-bond acceptors (Lipinski definition) is 8. The van der Waals surface area contributed by atoms with Crippen LogP contribution in [0.3, 0.4) is 0 Å². The number of nitrogens with zero attached hydrogens (tertiary/aromatic N) is 4.